The van der Waals surface area contributed by atoms with E-state index in [0.29, 0.717) is 5.02 Å². The number of hydrogen-bond donors (Lipinski definition) is 1. The molecule has 1 N–H and O–H groups in total. The van der Waals surface area contributed by atoms with Crippen molar-refractivity contribution in [1.29, 1.82) is 0 Å². The number of likely N-dealkylation sites (N-methyl/N-ethyl adjacent to an activating group) is 1. The van der Waals surface area contributed by atoms with Gasteiger partial charge in [-0.1, -0.05) is 11.6 Å². The molecule has 0 fully saturated rings. The van der Waals surface area contributed by atoms with Crippen LogP contribution in [0.25, 0.3) is 0 Å². The Hall–Kier alpha value is -1.33. The molecule has 0 radical (unpaired) electrons. The number of halogens is 1. The predicted octanol–water partition coefficient (Wildman–Crippen LogP) is 1.93. The van der Waals surface area contributed by atoms with Gasteiger partial charge in [0.15, 0.2) is 0 Å². The number of rotatable bonds is 4. The highest BCUT2D eigenvalue weighted by Gasteiger charge is 2.21. The largest absolute Gasteiger partial charge is 0.311 e. The molecule has 1 atom stereocenters. The Balaban J connectivity index is 2.35. The second-order valence-electron chi connectivity index (χ2n) is 4.82. The Morgan fingerprint density at radius 1 is 1.32 bits per heavy atom. The highest BCUT2D eigenvalue weighted by Crippen LogP contribution is 2.26. The minimum atomic E-state index is 0.126. The first-order chi connectivity index (χ1) is 8.95. The van der Waals surface area contributed by atoms with Gasteiger partial charge in [-0.2, -0.15) is 10.2 Å². The van der Waals surface area contributed by atoms with Crippen LogP contribution >= 0.6 is 11.6 Å². The van der Waals surface area contributed by atoms with Crippen molar-refractivity contribution in [3.05, 3.63) is 33.9 Å². The maximum absolute atomic E-state index is 6.23. The minimum Gasteiger partial charge on any atom is -0.311 e. The molecule has 2 aromatic heterocycles. The lowest BCUT2D eigenvalue weighted by molar-refractivity contribution is 0.535. The van der Waals surface area contributed by atoms with E-state index in [9.17, 15) is 0 Å². The molecule has 0 bridgehead atoms. The lowest BCUT2D eigenvalue weighted by Gasteiger charge is -2.17. The fourth-order valence-electron chi connectivity index (χ4n) is 2.46. The van der Waals surface area contributed by atoms with Crippen molar-refractivity contribution in [3.63, 3.8) is 0 Å². The second-order valence-corrected chi connectivity index (χ2v) is 5.23. The first-order valence-corrected chi connectivity index (χ1v) is 6.67. The van der Waals surface area contributed by atoms with Crippen molar-refractivity contribution in [2.24, 2.45) is 14.1 Å². The third kappa shape index (κ3) is 2.53. The van der Waals surface area contributed by atoms with Gasteiger partial charge < -0.3 is 5.32 Å². The first kappa shape index (κ1) is 14.1. The summed E-state index contributed by atoms with van der Waals surface area (Å²) in [6.45, 7) is 4.13. The monoisotopic (exact) mass is 281 g/mol. The van der Waals surface area contributed by atoms with Crippen molar-refractivity contribution in [2.45, 2.75) is 26.3 Å². The summed E-state index contributed by atoms with van der Waals surface area (Å²) in [5, 5.41) is 12.7. The van der Waals surface area contributed by atoms with E-state index in [1.807, 2.05) is 37.4 Å². The van der Waals surface area contributed by atoms with Crippen molar-refractivity contribution in [3.8, 4) is 0 Å². The van der Waals surface area contributed by atoms with Crippen LogP contribution in [0.15, 0.2) is 6.20 Å². The molecular formula is C13H20ClN5. The first-order valence-electron chi connectivity index (χ1n) is 6.29. The van der Waals surface area contributed by atoms with Crippen LogP contribution in [0.4, 0.5) is 0 Å². The highest BCUT2D eigenvalue weighted by atomic mass is 35.5. The predicted molar refractivity (Wildman–Crippen MR) is 76.4 cm³/mol. The molecule has 0 amide bonds. The van der Waals surface area contributed by atoms with Gasteiger partial charge in [-0.15, -0.1) is 0 Å². The molecule has 104 valence electrons. The minimum absolute atomic E-state index is 0.126. The molecule has 2 heterocycles. The van der Waals surface area contributed by atoms with Crippen LogP contribution in [0.1, 0.15) is 28.7 Å². The standard InChI is InChI=1S/C13H20ClN5/c1-8-10(9(2)18(4)17-8)6-12(15-3)13-11(14)7-16-19(13)5/h7,12,15H,6H2,1-5H3. The summed E-state index contributed by atoms with van der Waals surface area (Å²) in [5.74, 6) is 0. The molecule has 19 heavy (non-hydrogen) atoms. The van der Waals surface area contributed by atoms with Gasteiger partial charge in [0.2, 0.25) is 0 Å². The average Bonchev–Trinajstić information content (AvgIpc) is 2.81. The fourth-order valence-corrected chi connectivity index (χ4v) is 2.76. The van der Waals surface area contributed by atoms with Gasteiger partial charge in [0, 0.05) is 19.8 Å². The van der Waals surface area contributed by atoms with Gasteiger partial charge in [-0.25, -0.2) is 0 Å². The number of nitrogens with zero attached hydrogens (tertiary/aromatic N) is 4. The summed E-state index contributed by atoms with van der Waals surface area (Å²) < 4.78 is 3.74. The molecule has 0 aliphatic rings. The zero-order chi connectivity index (χ0) is 14.2. The average molecular weight is 282 g/mol. The van der Waals surface area contributed by atoms with Crippen LogP contribution in [0, 0.1) is 13.8 Å². The Labute approximate surface area is 118 Å². The quantitative estimate of drug-likeness (QED) is 0.931. The summed E-state index contributed by atoms with van der Waals surface area (Å²) in [7, 11) is 5.82. The van der Waals surface area contributed by atoms with Gasteiger partial charge in [0.25, 0.3) is 0 Å². The SMILES string of the molecule is CNC(Cc1c(C)nn(C)c1C)c1c(Cl)cnn1C. The van der Waals surface area contributed by atoms with Crippen LogP contribution in [0.2, 0.25) is 5.02 Å². The summed E-state index contributed by atoms with van der Waals surface area (Å²) in [4.78, 5) is 0. The van der Waals surface area contributed by atoms with Crippen molar-refractivity contribution in [1.82, 2.24) is 24.9 Å². The molecule has 0 spiro atoms. The smallest absolute Gasteiger partial charge is 0.0834 e. The maximum atomic E-state index is 6.23. The number of aryl methyl sites for hydroxylation is 3. The molecule has 0 saturated carbocycles. The molecule has 2 rings (SSSR count). The Morgan fingerprint density at radius 2 is 2.00 bits per heavy atom. The Bertz CT molecular complexity index is 565. The van der Waals surface area contributed by atoms with Gasteiger partial charge in [-0.05, 0) is 32.9 Å². The topological polar surface area (TPSA) is 47.7 Å². The van der Waals surface area contributed by atoms with E-state index in [1.54, 1.807) is 6.20 Å². The van der Waals surface area contributed by atoms with E-state index in [1.165, 1.54) is 11.3 Å². The Kier molecular flexibility index (Phi) is 3.96. The molecule has 0 aliphatic carbocycles. The molecule has 1 unspecified atom stereocenters. The van der Waals surface area contributed by atoms with Gasteiger partial charge in [0.1, 0.15) is 0 Å². The summed E-state index contributed by atoms with van der Waals surface area (Å²) in [6, 6.07) is 0.126. The van der Waals surface area contributed by atoms with E-state index in [2.05, 4.69) is 22.4 Å². The van der Waals surface area contributed by atoms with Crippen LogP contribution in [0.3, 0.4) is 0 Å². The van der Waals surface area contributed by atoms with Crippen LogP contribution in [-0.4, -0.2) is 26.6 Å². The van der Waals surface area contributed by atoms with E-state index in [4.69, 9.17) is 11.6 Å². The van der Waals surface area contributed by atoms with Gasteiger partial charge in [-0.3, -0.25) is 9.36 Å². The maximum Gasteiger partial charge on any atom is 0.0834 e. The van der Waals surface area contributed by atoms with Crippen molar-refractivity contribution in [2.75, 3.05) is 7.05 Å². The normalized spacial score (nSPS) is 12.9. The second kappa shape index (κ2) is 5.35. The number of hydrogen-bond acceptors (Lipinski definition) is 3. The lowest BCUT2D eigenvalue weighted by Crippen LogP contribution is -2.22. The molecular weight excluding hydrogens is 262 g/mol. The van der Waals surface area contributed by atoms with E-state index in [0.717, 1.165) is 17.8 Å². The highest BCUT2D eigenvalue weighted by molar-refractivity contribution is 6.31. The number of aromatic nitrogens is 4. The number of nitrogens with one attached hydrogen (secondary N) is 1. The van der Waals surface area contributed by atoms with Crippen LogP contribution in [-0.2, 0) is 20.5 Å². The summed E-state index contributed by atoms with van der Waals surface area (Å²) in [5.41, 5.74) is 4.53. The zero-order valence-corrected chi connectivity index (χ0v) is 12.8. The van der Waals surface area contributed by atoms with Gasteiger partial charge in [0.05, 0.1) is 28.6 Å². The molecule has 0 aliphatic heterocycles. The summed E-state index contributed by atoms with van der Waals surface area (Å²) >= 11 is 6.23. The zero-order valence-electron chi connectivity index (χ0n) is 12.0. The molecule has 6 heteroatoms. The molecule has 0 aromatic carbocycles. The summed E-state index contributed by atoms with van der Waals surface area (Å²) in [6.07, 6.45) is 2.53. The third-order valence-electron chi connectivity index (χ3n) is 3.68. The van der Waals surface area contributed by atoms with E-state index in [-0.39, 0.29) is 6.04 Å². The van der Waals surface area contributed by atoms with Crippen LogP contribution < -0.4 is 5.32 Å². The molecule has 0 saturated heterocycles. The lowest BCUT2D eigenvalue weighted by atomic mass is 10.0. The van der Waals surface area contributed by atoms with Crippen LogP contribution in [0.5, 0.6) is 0 Å². The van der Waals surface area contributed by atoms with Crippen molar-refractivity contribution < 1.29 is 0 Å². The molecule has 5 nitrogen and oxygen atoms in total. The van der Waals surface area contributed by atoms with Crippen molar-refractivity contribution >= 4 is 11.6 Å². The van der Waals surface area contributed by atoms with E-state index < -0.39 is 0 Å². The van der Waals surface area contributed by atoms with E-state index >= 15 is 0 Å². The Morgan fingerprint density at radius 3 is 2.42 bits per heavy atom. The fraction of sp³-hybridized carbons (Fsp3) is 0.538. The molecule has 2 aromatic rings. The third-order valence-corrected chi connectivity index (χ3v) is 3.97. The van der Waals surface area contributed by atoms with Gasteiger partial charge >= 0.3 is 0 Å².